The predicted octanol–water partition coefficient (Wildman–Crippen LogP) is 2.07. The molecule has 138 valence electrons. The van der Waals surface area contributed by atoms with Crippen molar-refractivity contribution in [2.75, 3.05) is 26.2 Å². The van der Waals surface area contributed by atoms with E-state index in [4.69, 9.17) is 10.3 Å². The number of rotatable bonds is 3. The second kappa shape index (κ2) is 9.04. The van der Waals surface area contributed by atoms with Crippen LogP contribution in [-0.2, 0) is 11.3 Å². The van der Waals surface area contributed by atoms with Gasteiger partial charge in [-0.2, -0.15) is 0 Å². The van der Waals surface area contributed by atoms with Gasteiger partial charge in [-0.1, -0.05) is 18.0 Å². The fourth-order valence-electron chi connectivity index (χ4n) is 3.66. The van der Waals surface area contributed by atoms with Crippen LogP contribution in [-0.4, -0.2) is 52.6 Å². The molecule has 2 N–H and O–H groups in total. The number of nitrogens with two attached hydrogens (primary N) is 1. The van der Waals surface area contributed by atoms with Crippen molar-refractivity contribution in [1.29, 1.82) is 0 Å². The molecule has 0 spiro atoms. The smallest absolute Gasteiger partial charge is 0.227 e. The van der Waals surface area contributed by atoms with Crippen LogP contribution >= 0.6 is 24.8 Å². The van der Waals surface area contributed by atoms with Crippen molar-refractivity contribution in [2.24, 2.45) is 11.7 Å². The number of piperazine rings is 1. The summed E-state index contributed by atoms with van der Waals surface area (Å²) in [5, 5.41) is 3.94. The monoisotopic (exact) mass is 378 g/mol. The average Bonchev–Trinajstić information content (AvgIpc) is 3.00. The van der Waals surface area contributed by atoms with Crippen LogP contribution in [0.5, 0.6) is 0 Å². The number of hydrogen-bond donors (Lipinski definition) is 1. The van der Waals surface area contributed by atoms with Crippen LogP contribution in [0.4, 0.5) is 0 Å². The van der Waals surface area contributed by atoms with E-state index in [1.165, 1.54) is 0 Å². The first-order valence-corrected chi connectivity index (χ1v) is 8.25. The Bertz CT molecular complexity index is 502. The van der Waals surface area contributed by atoms with Crippen LogP contribution < -0.4 is 5.73 Å². The number of hydrogen-bond acceptors (Lipinski definition) is 5. The molecule has 1 aliphatic heterocycles. The van der Waals surface area contributed by atoms with E-state index in [9.17, 15) is 4.79 Å². The van der Waals surface area contributed by atoms with Gasteiger partial charge in [-0.05, 0) is 19.8 Å². The molecular weight excluding hydrogens is 351 g/mol. The lowest BCUT2D eigenvalue weighted by molar-refractivity contribution is -0.140. The Morgan fingerprint density at radius 2 is 2.04 bits per heavy atom. The Labute approximate surface area is 155 Å². The summed E-state index contributed by atoms with van der Waals surface area (Å²) in [6, 6.07) is 1.89. The molecule has 2 heterocycles. The Morgan fingerprint density at radius 1 is 1.33 bits per heavy atom. The number of carbonyl (C=O) groups is 1. The second-order valence-electron chi connectivity index (χ2n) is 6.90. The van der Waals surface area contributed by atoms with Gasteiger partial charge in [0.1, 0.15) is 6.26 Å². The number of aromatic nitrogens is 1. The maximum atomic E-state index is 12.8. The third-order valence-electron chi connectivity index (χ3n) is 5.11. The summed E-state index contributed by atoms with van der Waals surface area (Å²) in [5.74, 6) is 0.245. The second-order valence-corrected chi connectivity index (χ2v) is 6.90. The fraction of sp³-hybridized carbons (Fsp3) is 0.750. The minimum absolute atomic E-state index is 0. The summed E-state index contributed by atoms with van der Waals surface area (Å²) in [7, 11) is 0. The molecule has 2 aliphatic rings. The molecular formula is C16H28Cl2N4O2. The molecule has 1 amide bonds. The van der Waals surface area contributed by atoms with Gasteiger partial charge in [-0.15, -0.1) is 24.8 Å². The normalized spacial score (nSPS) is 27.9. The van der Waals surface area contributed by atoms with Crippen molar-refractivity contribution < 1.29 is 9.32 Å². The van der Waals surface area contributed by atoms with Crippen molar-refractivity contribution in [3.63, 3.8) is 0 Å². The van der Waals surface area contributed by atoms with E-state index in [-0.39, 0.29) is 42.2 Å². The predicted molar refractivity (Wildman–Crippen MR) is 97.4 cm³/mol. The highest BCUT2D eigenvalue weighted by Crippen LogP contribution is 2.33. The molecule has 8 heteroatoms. The zero-order valence-corrected chi connectivity index (χ0v) is 15.8. The lowest BCUT2D eigenvalue weighted by Gasteiger charge is -2.42. The molecule has 24 heavy (non-hydrogen) atoms. The van der Waals surface area contributed by atoms with Crippen LogP contribution in [0.25, 0.3) is 0 Å². The van der Waals surface area contributed by atoms with Crippen molar-refractivity contribution >= 4 is 30.7 Å². The van der Waals surface area contributed by atoms with Crippen molar-refractivity contribution in [3.8, 4) is 0 Å². The lowest BCUT2D eigenvalue weighted by Crippen LogP contribution is -2.57. The van der Waals surface area contributed by atoms with Gasteiger partial charge in [0.25, 0.3) is 0 Å². The molecule has 1 aromatic heterocycles. The molecule has 0 aromatic carbocycles. The van der Waals surface area contributed by atoms with Gasteiger partial charge in [0.2, 0.25) is 5.91 Å². The van der Waals surface area contributed by atoms with E-state index >= 15 is 0 Å². The molecule has 6 nitrogen and oxygen atoms in total. The summed E-state index contributed by atoms with van der Waals surface area (Å²) >= 11 is 0. The largest absolute Gasteiger partial charge is 0.364 e. The number of halogens is 2. The average molecular weight is 379 g/mol. The summed E-state index contributed by atoms with van der Waals surface area (Å²) in [5.41, 5.74) is 6.98. The highest BCUT2D eigenvalue weighted by atomic mass is 35.5. The first kappa shape index (κ1) is 21.2. The van der Waals surface area contributed by atoms with E-state index in [1.54, 1.807) is 6.26 Å². The van der Waals surface area contributed by atoms with E-state index < -0.39 is 0 Å². The third kappa shape index (κ3) is 4.85. The van der Waals surface area contributed by atoms with Gasteiger partial charge in [-0.25, -0.2) is 0 Å². The molecule has 0 bridgehead atoms. The van der Waals surface area contributed by atoms with E-state index in [1.807, 2.05) is 17.9 Å². The fourth-order valence-corrected chi connectivity index (χ4v) is 3.66. The van der Waals surface area contributed by atoms with Crippen LogP contribution in [0.3, 0.4) is 0 Å². The maximum absolute atomic E-state index is 12.8. The Morgan fingerprint density at radius 3 is 2.62 bits per heavy atom. The Balaban J connectivity index is 0.00000144. The zero-order valence-electron chi connectivity index (χ0n) is 14.1. The van der Waals surface area contributed by atoms with Crippen molar-refractivity contribution in [2.45, 2.75) is 44.7 Å². The van der Waals surface area contributed by atoms with Gasteiger partial charge in [-0.3, -0.25) is 9.69 Å². The van der Waals surface area contributed by atoms with Crippen LogP contribution in [0.1, 0.15) is 38.3 Å². The van der Waals surface area contributed by atoms with Crippen LogP contribution in [0, 0.1) is 5.92 Å². The topological polar surface area (TPSA) is 75.6 Å². The summed E-state index contributed by atoms with van der Waals surface area (Å²) in [6.45, 7) is 6.15. The summed E-state index contributed by atoms with van der Waals surface area (Å²) in [6.07, 6.45) is 5.75. The Hall–Kier alpha value is -0.820. The quantitative estimate of drug-likeness (QED) is 0.870. The van der Waals surface area contributed by atoms with E-state index in [0.29, 0.717) is 0 Å². The number of carbonyl (C=O) groups excluding carboxylic acids is 1. The van der Waals surface area contributed by atoms with Crippen molar-refractivity contribution in [3.05, 3.63) is 18.0 Å². The minimum Gasteiger partial charge on any atom is -0.364 e. The molecule has 2 atom stereocenters. The van der Waals surface area contributed by atoms with E-state index in [2.05, 4.69) is 10.1 Å². The van der Waals surface area contributed by atoms with Crippen molar-refractivity contribution in [1.82, 2.24) is 15.0 Å². The zero-order chi connectivity index (χ0) is 15.6. The summed E-state index contributed by atoms with van der Waals surface area (Å²) in [4.78, 5) is 17.1. The maximum Gasteiger partial charge on any atom is 0.227 e. The molecule has 3 rings (SSSR count). The number of nitrogens with zero attached hydrogens (tertiary/aromatic N) is 3. The van der Waals surface area contributed by atoms with Gasteiger partial charge >= 0.3 is 0 Å². The molecule has 0 radical (unpaired) electrons. The van der Waals surface area contributed by atoms with Gasteiger partial charge in [0.15, 0.2) is 0 Å². The highest BCUT2D eigenvalue weighted by Gasteiger charge is 2.40. The first-order valence-electron chi connectivity index (χ1n) is 8.25. The molecule has 1 aromatic rings. The molecule has 2 fully saturated rings. The lowest BCUT2D eigenvalue weighted by atomic mass is 9.74. The van der Waals surface area contributed by atoms with Crippen LogP contribution in [0.15, 0.2) is 16.9 Å². The SMILES string of the molecule is CC1(N)CCCCC1C(=O)N1CCN(Cc2ccon2)CC1.Cl.Cl. The standard InChI is InChI=1S/C16H26N4O2.2ClH/c1-16(17)6-3-2-4-14(16)15(21)20-9-7-19(8-10-20)12-13-5-11-22-18-13;;/h5,11,14H,2-4,6-10,12,17H2,1H3;2*1H. The summed E-state index contributed by atoms with van der Waals surface area (Å²) < 4.78 is 4.86. The minimum atomic E-state index is -0.340. The van der Waals surface area contributed by atoms with Crippen LogP contribution in [0.2, 0.25) is 0 Å². The molecule has 1 saturated carbocycles. The molecule has 1 saturated heterocycles. The van der Waals surface area contributed by atoms with Gasteiger partial charge < -0.3 is 15.2 Å². The third-order valence-corrected chi connectivity index (χ3v) is 5.11. The first-order chi connectivity index (χ1) is 10.6. The number of amides is 1. The van der Waals surface area contributed by atoms with Gasteiger partial charge in [0.05, 0.1) is 11.6 Å². The van der Waals surface area contributed by atoms with E-state index in [0.717, 1.165) is 64.1 Å². The molecule has 2 unspecified atom stereocenters. The highest BCUT2D eigenvalue weighted by molar-refractivity contribution is 5.85. The van der Waals surface area contributed by atoms with Gasteiger partial charge in [0, 0.05) is 44.3 Å². The Kier molecular flexibility index (Phi) is 7.99. The molecule has 1 aliphatic carbocycles.